The molecule has 1 aromatic carbocycles. The van der Waals surface area contributed by atoms with Crippen molar-refractivity contribution in [2.24, 2.45) is 0 Å². The third-order valence-corrected chi connectivity index (χ3v) is 2.62. The van der Waals surface area contributed by atoms with Gasteiger partial charge in [-0.3, -0.25) is 0 Å². The molecule has 2 N–H and O–H groups in total. The molecule has 0 amide bonds. The molecule has 1 aliphatic rings. The van der Waals surface area contributed by atoms with Crippen molar-refractivity contribution >= 4 is 5.69 Å². The van der Waals surface area contributed by atoms with Crippen LogP contribution < -0.4 is 5.32 Å². The second-order valence-electron chi connectivity index (χ2n) is 3.51. The summed E-state index contributed by atoms with van der Waals surface area (Å²) in [6.45, 7) is 3.00. The number of benzene rings is 1. The lowest BCUT2D eigenvalue weighted by molar-refractivity contribution is 0.168. The van der Waals surface area contributed by atoms with E-state index in [1.165, 1.54) is 5.56 Å². The van der Waals surface area contributed by atoms with Crippen molar-refractivity contribution in [3.05, 3.63) is 29.3 Å². The molecule has 1 unspecified atom stereocenters. The second kappa shape index (κ2) is 3.38. The van der Waals surface area contributed by atoms with Gasteiger partial charge in [-0.2, -0.15) is 0 Å². The zero-order valence-corrected chi connectivity index (χ0v) is 7.88. The van der Waals surface area contributed by atoms with E-state index in [9.17, 15) is 5.11 Å². The Hall–Kier alpha value is -1.02. The molecule has 0 saturated carbocycles. The van der Waals surface area contributed by atoms with Gasteiger partial charge in [-0.25, -0.2) is 0 Å². The molecule has 70 valence electrons. The predicted molar refractivity (Wildman–Crippen MR) is 53.9 cm³/mol. The van der Waals surface area contributed by atoms with Gasteiger partial charge < -0.3 is 10.4 Å². The van der Waals surface area contributed by atoms with Gasteiger partial charge in [0.25, 0.3) is 0 Å². The molecule has 0 spiro atoms. The molecule has 0 saturated heterocycles. The zero-order chi connectivity index (χ0) is 9.26. The van der Waals surface area contributed by atoms with Crippen molar-refractivity contribution in [1.82, 2.24) is 0 Å². The Bertz CT molecular complexity index is 309. The summed E-state index contributed by atoms with van der Waals surface area (Å²) in [5.41, 5.74) is 3.45. The van der Waals surface area contributed by atoms with Gasteiger partial charge in [-0.05, 0) is 24.5 Å². The average molecular weight is 177 g/mol. The van der Waals surface area contributed by atoms with Crippen LogP contribution >= 0.6 is 0 Å². The highest BCUT2D eigenvalue weighted by atomic mass is 16.3. The lowest BCUT2D eigenvalue weighted by Gasteiger charge is -2.23. The Morgan fingerprint density at radius 2 is 2.38 bits per heavy atom. The van der Waals surface area contributed by atoms with Crippen LogP contribution in [0.1, 0.15) is 30.6 Å². The molecule has 1 heterocycles. The summed E-state index contributed by atoms with van der Waals surface area (Å²) in [5, 5.41) is 13.0. The maximum Gasteiger partial charge on any atom is 0.0826 e. The Kier molecular flexibility index (Phi) is 2.23. The maximum atomic E-state index is 9.74. The van der Waals surface area contributed by atoms with Crippen molar-refractivity contribution in [2.45, 2.75) is 25.9 Å². The molecule has 1 aromatic rings. The van der Waals surface area contributed by atoms with Gasteiger partial charge >= 0.3 is 0 Å². The first-order valence-electron chi connectivity index (χ1n) is 4.86. The van der Waals surface area contributed by atoms with Gasteiger partial charge in [0.05, 0.1) is 6.10 Å². The quantitative estimate of drug-likeness (QED) is 0.688. The molecule has 0 fully saturated rings. The van der Waals surface area contributed by atoms with Crippen molar-refractivity contribution in [2.75, 3.05) is 11.9 Å². The molecular formula is C11H15NO. The molecular weight excluding hydrogens is 162 g/mol. The standard InChI is InChI=1S/C11H15NO/c1-2-8-3-4-10-9(7-8)11(13)5-6-12-10/h3-4,7,11-13H,2,5-6H2,1H3. The summed E-state index contributed by atoms with van der Waals surface area (Å²) >= 11 is 0. The maximum absolute atomic E-state index is 9.74. The average Bonchev–Trinajstić information content (AvgIpc) is 2.18. The number of rotatable bonds is 1. The minimum absolute atomic E-state index is 0.275. The summed E-state index contributed by atoms with van der Waals surface area (Å²) in [5.74, 6) is 0. The molecule has 1 atom stereocenters. The number of aliphatic hydroxyl groups is 1. The van der Waals surface area contributed by atoms with Gasteiger partial charge in [0, 0.05) is 17.8 Å². The molecule has 2 heteroatoms. The highest BCUT2D eigenvalue weighted by Gasteiger charge is 2.16. The van der Waals surface area contributed by atoms with E-state index in [1.807, 2.05) is 0 Å². The molecule has 0 aliphatic carbocycles. The van der Waals surface area contributed by atoms with Crippen LogP contribution in [0.15, 0.2) is 18.2 Å². The van der Waals surface area contributed by atoms with Crippen LogP contribution in [0, 0.1) is 0 Å². The minimum Gasteiger partial charge on any atom is -0.388 e. The smallest absolute Gasteiger partial charge is 0.0826 e. The molecule has 2 rings (SSSR count). The van der Waals surface area contributed by atoms with Gasteiger partial charge in [-0.15, -0.1) is 0 Å². The van der Waals surface area contributed by atoms with Crippen molar-refractivity contribution in [3.63, 3.8) is 0 Å². The van der Waals surface area contributed by atoms with Crippen LogP contribution in [0.25, 0.3) is 0 Å². The second-order valence-corrected chi connectivity index (χ2v) is 3.51. The zero-order valence-electron chi connectivity index (χ0n) is 7.88. The van der Waals surface area contributed by atoms with Crippen LogP contribution in [0.5, 0.6) is 0 Å². The molecule has 1 aliphatic heterocycles. The van der Waals surface area contributed by atoms with E-state index in [2.05, 4.69) is 30.4 Å². The van der Waals surface area contributed by atoms with Gasteiger partial charge in [-0.1, -0.05) is 19.1 Å². The third-order valence-electron chi connectivity index (χ3n) is 2.62. The lowest BCUT2D eigenvalue weighted by Crippen LogP contribution is -2.16. The summed E-state index contributed by atoms with van der Waals surface area (Å²) in [6.07, 6.45) is 1.57. The Labute approximate surface area is 78.6 Å². The number of anilines is 1. The molecule has 0 bridgehead atoms. The minimum atomic E-state index is -0.275. The van der Waals surface area contributed by atoms with E-state index in [4.69, 9.17) is 0 Å². The van der Waals surface area contributed by atoms with Gasteiger partial charge in [0.2, 0.25) is 0 Å². The van der Waals surface area contributed by atoms with Crippen molar-refractivity contribution in [1.29, 1.82) is 0 Å². The summed E-state index contributed by atoms with van der Waals surface area (Å²) in [4.78, 5) is 0. The number of hydrogen-bond donors (Lipinski definition) is 2. The van der Waals surface area contributed by atoms with E-state index < -0.39 is 0 Å². The fraction of sp³-hybridized carbons (Fsp3) is 0.455. The van der Waals surface area contributed by atoms with Gasteiger partial charge in [0.15, 0.2) is 0 Å². The number of fused-ring (bicyclic) bond motifs is 1. The van der Waals surface area contributed by atoms with Crippen molar-refractivity contribution < 1.29 is 5.11 Å². The summed E-state index contributed by atoms with van der Waals surface area (Å²) in [6, 6.07) is 6.28. The number of hydrogen-bond acceptors (Lipinski definition) is 2. The number of aliphatic hydroxyl groups excluding tert-OH is 1. The highest BCUT2D eigenvalue weighted by Crippen LogP contribution is 2.30. The summed E-state index contributed by atoms with van der Waals surface area (Å²) in [7, 11) is 0. The topological polar surface area (TPSA) is 32.3 Å². The Balaban J connectivity index is 2.41. The molecule has 2 nitrogen and oxygen atoms in total. The first-order chi connectivity index (χ1) is 6.31. The van der Waals surface area contributed by atoms with E-state index in [1.54, 1.807) is 0 Å². The van der Waals surface area contributed by atoms with Crippen LogP contribution in [0.2, 0.25) is 0 Å². The first-order valence-corrected chi connectivity index (χ1v) is 4.86. The van der Waals surface area contributed by atoms with E-state index in [0.717, 1.165) is 30.6 Å². The highest BCUT2D eigenvalue weighted by molar-refractivity contribution is 5.55. The largest absolute Gasteiger partial charge is 0.388 e. The fourth-order valence-electron chi connectivity index (χ4n) is 1.77. The van der Waals surface area contributed by atoms with E-state index in [0.29, 0.717) is 0 Å². The van der Waals surface area contributed by atoms with E-state index >= 15 is 0 Å². The number of aryl methyl sites for hydroxylation is 1. The first kappa shape index (κ1) is 8.57. The van der Waals surface area contributed by atoms with Crippen LogP contribution in [-0.4, -0.2) is 11.7 Å². The third kappa shape index (κ3) is 1.54. The van der Waals surface area contributed by atoms with Crippen LogP contribution in [0.4, 0.5) is 5.69 Å². The predicted octanol–water partition coefficient (Wildman–Crippen LogP) is 2.10. The van der Waals surface area contributed by atoms with Gasteiger partial charge in [0.1, 0.15) is 0 Å². The van der Waals surface area contributed by atoms with Crippen LogP contribution in [-0.2, 0) is 6.42 Å². The molecule has 13 heavy (non-hydrogen) atoms. The van der Waals surface area contributed by atoms with Crippen LogP contribution in [0.3, 0.4) is 0 Å². The molecule has 0 aromatic heterocycles. The molecule has 0 radical (unpaired) electrons. The normalized spacial score (nSPS) is 20.6. The Morgan fingerprint density at radius 1 is 1.54 bits per heavy atom. The summed E-state index contributed by atoms with van der Waals surface area (Å²) < 4.78 is 0. The monoisotopic (exact) mass is 177 g/mol. The lowest BCUT2D eigenvalue weighted by atomic mass is 9.97. The SMILES string of the molecule is CCc1ccc2c(c1)C(O)CCN2. The fourth-order valence-corrected chi connectivity index (χ4v) is 1.77. The van der Waals surface area contributed by atoms with E-state index in [-0.39, 0.29) is 6.10 Å². The number of nitrogens with one attached hydrogen (secondary N) is 1. The Morgan fingerprint density at radius 3 is 3.15 bits per heavy atom. The van der Waals surface area contributed by atoms with Crippen molar-refractivity contribution in [3.8, 4) is 0 Å².